The Balaban J connectivity index is 2.09. The fourth-order valence-electron chi connectivity index (χ4n) is 4.02. The van der Waals surface area contributed by atoms with Crippen LogP contribution in [0.15, 0.2) is 77.7 Å². The number of nitrogens with one attached hydrogen (secondary N) is 1. The van der Waals surface area contributed by atoms with E-state index in [1.807, 2.05) is 6.92 Å². The number of anilines is 1. The van der Waals surface area contributed by atoms with Gasteiger partial charge in [-0.2, -0.15) is 13.2 Å². The quantitative estimate of drug-likeness (QED) is 0.227. The zero-order valence-corrected chi connectivity index (χ0v) is 25.2. The Hall–Kier alpha value is -3.28. The van der Waals surface area contributed by atoms with Gasteiger partial charge in [0.2, 0.25) is 11.8 Å². The Kier molecular flexibility index (Phi) is 11.3. The molecule has 0 saturated heterocycles. The standard InChI is InChI=1S/C29H30Cl2F3N3O4S/c1-3-4-16-35-28(39)20(2)36(18-21-10-13-23(30)14-11-21)27(38)19-37(42(40,41)24-8-6-5-7-9-24)26-17-22(29(32,33)34)12-15-25(26)31/h5-15,17,20H,3-4,16,18-19H2,1-2H3,(H,35,39). The van der Waals surface area contributed by atoms with E-state index in [-0.39, 0.29) is 16.5 Å². The van der Waals surface area contributed by atoms with Crippen molar-refractivity contribution in [1.82, 2.24) is 10.2 Å². The van der Waals surface area contributed by atoms with E-state index >= 15 is 0 Å². The molecular formula is C29H30Cl2F3N3O4S. The molecule has 0 aliphatic rings. The van der Waals surface area contributed by atoms with Crippen molar-refractivity contribution in [2.45, 2.75) is 50.3 Å². The third-order valence-corrected chi connectivity index (χ3v) is 8.76. The molecule has 0 fully saturated rings. The molecule has 3 rings (SSSR count). The van der Waals surface area contributed by atoms with Gasteiger partial charge in [0.1, 0.15) is 12.6 Å². The van der Waals surface area contributed by atoms with Gasteiger partial charge < -0.3 is 10.2 Å². The van der Waals surface area contributed by atoms with E-state index in [1.54, 1.807) is 30.3 Å². The number of nitrogens with zero attached hydrogens (tertiary/aromatic N) is 2. The van der Waals surface area contributed by atoms with Crippen molar-refractivity contribution in [1.29, 1.82) is 0 Å². The Labute approximate surface area is 253 Å². The molecule has 7 nitrogen and oxygen atoms in total. The minimum Gasteiger partial charge on any atom is -0.354 e. The van der Waals surface area contributed by atoms with Crippen LogP contribution >= 0.6 is 23.2 Å². The first-order valence-electron chi connectivity index (χ1n) is 13.0. The van der Waals surface area contributed by atoms with Gasteiger partial charge in [-0.1, -0.05) is 66.9 Å². The third-order valence-electron chi connectivity index (χ3n) is 6.42. The van der Waals surface area contributed by atoms with Crippen molar-refractivity contribution in [2.24, 2.45) is 0 Å². The van der Waals surface area contributed by atoms with Gasteiger partial charge >= 0.3 is 6.18 Å². The summed E-state index contributed by atoms with van der Waals surface area (Å²) in [5, 5.41) is 2.89. The van der Waals surface area contributed by atoms with Crippen LogP contribution in [0.25, 0.3) is 0 Å². The van der Waals surface area contributed by atoms with Gasteiger partial charge in [-0.15, -0.1) is 0 Å². The number of carbonyl (C=O) groups is 2. The number of unbranched alkanes of at least 4 members (excludes halogenated alkanes) is 1. The Bertz CT molecular complexity index is 1490. The van der Waals surface area contributed by atoms with Crippen molar-refractivity contribution < 1.29 is 31.2 Å². The van der Waals surface area contributed by atoms with Gasteiger partial charge in [0.15, 0.2) is 0 Å². The van der Waals surface area contributed by atoms with Crippen LogP contribution in [0.1, 0.15) is 37.8 Å². The molecule has 13 heteroatoms. The lowest BCUT2D eigenvalue weighted by atomic mass is 10.1. The predicted octanol–water partition coefficient (Wildman–Crippen LogP) is 6.54. The second kappa shape index (κ2) is 14.3. The number of alkyl halides is 3. The van der Waals surface area contributed by atoms with Crippen LogP contribution in [-0.2, 0) is 32.3 Å². The highest BCUT2D eigenvalue weighted by atomic mass is 35.5. The summed E-state index contributed by atoms with van der Waals surface area (Å²) >= 11 is 12.2. The van der Waals surface area contributed by atoms with Crippen LogP contribution in [0.4, 0.5) is 18.9 Å². The molecular weight excluding hydrogens is 614 g/mol. The lowest BCUT2D eigenvalue weighted by molar-refractivity contribution is -0.139. The normalized spacial score (nSPS) is 12.5. The van der Waals surface area contributed by atoms with E-state index < -0.39 is 51.9 Å². The van der Waals surface area contributed by atoms with Crippen LogP contribution in [0.3, 0.4) is 0 Å². The molecule has 3 aromatic rings. The van der Waals surface area contributed by atoms with Gasteiger partial charge in [0.25, 0.3) is 10.0 Å². The smallest absolute Gasteiger partial charge is 0.354 e. The molecule has 0 aliphatic carbocycles. The molecule has 0 spiro atoms. The first kappa shape index (κ1) is 33.2. The number of carbonyl (C=O) groups excluding carboxylic acids is 2. The average Bonchev–Trinajstić information content (AvgIpc) is 2.95. The third kappa shape index (κ3) is 8.39. The molecule has 0 aromatic heterocycles. The van der Waals surface area contributed by atoms with Gasteiger partial charge in [-0.05, 0) is 61.4 Å². The first-order valence-corrected chi connectivity index (χ1v) is 15.2. The van der Waals surface area contributed by atoms with Crippen LogP contribution in [0, 0.1) is 0 Å². The van der Waals surface area contributed by atoms with Crippen LogP contribution < -0.4 is 9.62 Å². The van der Waals surface area contributed by atoms with E-state index in [1.165, 1.54) is 36.1 Å². The number of hydrogen-bond acceptors (Lipinski definition) is 4. The lowest BCUT2D eigenvalue weighted by Crippen LogP contribution is -2.51. The molecule has 2 amide bonds. The van der Waals surface area contributed by atoms with Crippen LogP contribution in [0.2, 0.25) is 10.0 Å². The van der Waals surface area contributed by atoms with Crippen LogP contribution in [-0.4, -0.2) is 44.3 Å². The number of hydrogen-bond donors (Lipinski definition) is 1. The molecule has 226 valence electrons. The topological polar surface area (TPSA) is 86.8 Å². The van der Waals surface area contributed by atoms with E-state index in [2.05, 4.69) is 5.32 Å². The maximum atomic E-state index is 13.9. The summed E-state index contributed by atoms with van der Waals surface area (Å²) in [5.41, 5.74) is -1.09. The lowest BCUT2D eigenvalue weighted by Gasteiger charge is -2.32. The highest BCUT2D eigenvalue weighted by Gasteiger charge is 2.36. The maximum absolute atomic E-state index is 13.9. The summed E-state index contributed by atoms with van der Waals surface area (Å²) in [6.07, 6.45) is -3.27. The van der Waals surface area contributed by atoms with E-state index in [0.29, 0.717) is 33.9 Å². The molecule has 1 atom stereocenters. The Morgan fingerprint density at radius 1 is 0.976 bits per heavy atom. The molecule has 0 aliphatic heterocycles. The van der Waals surface area contributed by atoms with Gasteiger partial charge in [-0.25, -0.2) is 8.42 Å². The maximum Gasteiger partial charge on any atom is 0.416 e. The molecule has 0 heterocycles. The largest absolute Gasteiger partial charge is 0.416 e. The highest BCUT2D eigenvalue weighted by molar-refractivity contribution is 7.92. The SMILES string of the molecule is CCCCNC(=O)C(C)N(Cc1ccc(Cl)cc1)C(=O)CN(c1cc(C(F)(F)F)ccc1Cl)S(=O)(=O)c1ccccc1. The Morgan fingerprint density at radius 3 is 2.21 bits per heavy atom. The van der Waals surface area contributed by atoms with Crippen molar-refractivity contribution in [2.75, 3.05) is 17.4 Å². The number of sulfonamides is 1. The monoisotopic (exact) mass is 643 g/mol. The Morgan fingerprint density at radius 2 is 1.62 bits per heavy atom. The van der Waals surface area contributed by atoms with E-state index in [9.17, 15) is 31.2 Å². The summed E-state index contributed by atoms with van der Waals surface area (Å²) in [7, 11) is -4.59. The summed E-state index contributed by atoms with van der Waals surface area (Å²) in [6.45, 7) is 2.78. The van der Waals surface area contributed by atoms with E-state index in [4.69, 9.17) is 23.2 Å². The van der Waals surface area contributed by atoms with Gasteiger partial charge in [-0.3, -0.25) is 13.9 Å². The summed E-state index contributed by atoms with van der Waals surface area (Å²) < 4.78 is 69.0. The number of benzene rings is 3. The molecule has 3 aromatic carbocycles. The van der Waals surface area contributed by atoms with Crippen molar-refractivity contribution in [3.63, 3.8) is 0 Å². The number of halogens is 5. The second-order valence-corrected chi connectivity index (χ2v) is 12.2. The van der Waals surface area contributed by atoms with Crippen molar-refractivity contribution in [3.05, 3.63) is 94.0 Å². The fraction of sp³-hybridized carbons (Fsp3) is 0.310. The molecule has 0 bridgehead atoms. The molecule has 1 N–H and O–H groups in total. The van der Waals surface area contributed by atoms with Gasteiger partial charge in [0.05, 0.1) is 21.2 Å². The van der Waals surface area contributed by atoms with Gasteiger partial charge in [0, 0.05) is 18.1 Å². The van der Waals surface area contributed by atoms with E-state index in [0.717, 1.165) is 18.6 Å². The first-order chi connectivity index (χ1) is 19.8. The van der Waals surface area contributed by atoms with Crippen LogP contribution in [0.5, 0.6) is 0 Å². The summed E-state index contributed by atoms with van der Waals surface area (Å²) in [4.78, 5) is 27.8. The van der Waals surface area contributed by atoms with Crippen molar-refractivity contribution in [3.8, 4) is 0 Å². The molecule has 1 unspecified atom stereocenters. The molecule has 0 saturated carbocycles. The highest BCUT2D eigenvalue weighted by Crippen LogP contribution is 2.37. The fourth-order valence-corrected chi connectivity index (χ4v) is 5.86. The number of amides is 2. The minimum atomic E-state index is -4.81. The molecule has 42 heavy (non-hydrogen) atoms. The van der Waals surface area contributed by atoms with Crippen molar-refractivity contribution >= 4 is 50.7 Å². The summed E-state index contributed by atoms with van der Waals surface area (Å²) in [6, 6.07) is 14.6. The average molecular weight is 645 g/mol. The number of rotatable bonds is 12. The zero-order chi connectivity index (χ0) is 31.1. The minimum absolute atomic E-state index is 0.103. The summed E-state index contributed by atoms with van der Waals surface area (Å²) in [5.74, 6) is -1.31. The predicted molar refractivity (Wildman–Crippen MR) is 157 cm³/mol. The second-order valence-electron chi connectivity index (χ2n) is 9.46. The molecule has 0 radical (unpaired) electrons. The zero-order valence-electron chi connectivity index (χ0n) is 22.9.